The van der Waals surface area contributed by atoms with Crippen molar-refractivity contribution in [2.45, 2.75) is 20.5 Å². The number of carbonyl (C=O) groups is 1. The van der Waals surface area contributed by atoms with Gasteiger partial charge >= 0.3 is 5.97 Å². The van der Waals surface area contributed by atoms with E-state index in [0.717, 1.165) is 33.9 Å². The van der Waals surface area contributed by atoms with Crippen molar-refractivity contribution < 1.29 is 19.0 Å². The van der Waals surface area contributed by atoms with Crippen LogP contribution in [0.25, 0.3) is 6.08 Å². The summed E-state index contributed by atoms with van der Waals surface area (Å²) in [5.74, 6) is 1.11. The first-order valence-electron chi connectivity index (χ1n) is 10.5. The number of aryl methyl sites for hydroxylation is 1. The summed E-state index contributed by atoms with van der Waals surface area (Å²) in [6, 6.07) is 17.6. The zero-order valence-electron chi connectivity index (χ0n) is 18.4. The molecule has 34 heavy (non-hydrogen) atoms. The normalized spacial score (nSPS) is 14.2. The maximum atomic E-state index is 12.5. The Kier molecular flexibility index (Phi) is 8.30. The second-order valence-electron chi connectivity index (χ2n) is 7.48. The van der Waals surface area contributed by atoms with Crippen LogP contribution in [0.15, 0.2) is 69.8 Å². The van der Waals surface area contributed by atoms with E-state index in [1.54, 1.807) is 6.08 Å². The van der Waals surface area contributed by atoms with Gasteiger partial charge in [-0.3, -0.25) is 0 Å². The van der Waals surface area contributed by atoms with Crippen molar-refractivity contribution in [1.82, 2.24) is 0 Å². The number of hydrogen-bond acceptors (Lipinski definition) is 5. The van der Waals surface area contributed by atoms with Gasteiger partial charge in [-0.1, -0.05) is 28.1 Å². The molecule has 0 saturated heterocycles. The number of esters is 1. The van der Waals surface area contributed by atoms with Crippen molar-refractivity contribution in [2.24, 2.45) is 4.99 Å². The quantitative estimate of drug-likeness (QED) is 0.145. The van der Waals surface area contributed by atoms with E-state index in [1.807, 2.05) is 68.4 Å². The first kappa shape index (κ1) is 25.2. The molecule has 174 valence electrons. The minimum absolute atomic E-state index is 0.243. The lowest BCUT2D eigenvalue weighted by molar-refractivity contribution is -0.129. The largest absolute Gasteiger partial charge is 0.490 e. The molecule has 0 N–H and O–H groups in total. The summed E-state index contributed by atoms with van der Waals surface area (Å²) in [6.45, 7) is 4.83. The maximum absolute atomic E-state index is 12.5. The first-order valence-corrected chi connectivity index (χ1v) is 13.4. The van der Waals surface area contributed by atoms with Crippen LogP contribution in [0.5, 0.6) is 11.5 Å². The summed E-state index contributed by atoms with van der Waals surface area (Å²) in [7, 11) is 0. The molecule has 5 nitrogen and oxygen atoms in total. The van der Waals surface area contributed by atoms with Crippen LogP contribution in [-0.2, 0) is 16.1 Å². The van der Waals surface area contributed by atoms with Crippen LogP contribution >= 0.6 is 61.1 Å². The molecule has 0 bridgehead atoms. The van der Waals surface area contributed by atoms with Gasteiger partial charge in [-0.05, 0) is 124 Å². The Balaban J connectivity index is 1.61. The van der Waals surface area contributed by atoms with Crippen LogP contribution < -0.4 is 9.47 Å². The molecule has 0 spiro atoms. The summed E-state index contributed by atoms with van der Waals surface area (Å²) in [5.41, 5.74) is 3.94. The number of rotatable bonds is 7. The third-order valence-electron chi connectivity index (χ3n) is 4.93. The summed E-state index contributed by atoms with van der Waals surface area (Å²) >= 11 is 7.97. The lowest BCUT2D eigenvalue weighted by Crippen LogP contribution is -2.06. The molecule has 1 aliphatic heterocycles. The molecule has 0 fully saturated rings. The van der Waals surface area contributed by atoms with Gasteiger partial charge in [0, 0.05) is 13.6 Å². The van der Waals surface area contributed by atoms with Gasteiger partial charge in [0.2, 0.25) is 5.90 Å². The van der Waals surface area contributed by atoms with Crippen molar-refractivity contribution in [3.05, 3.63) is 94.2 Å². The zero-order valence-corrected chi connectivity index (χ0v) is 24.3. The fourth-order valence-corrected chi connectivity index (χ4v) is 4.89. The smallest absolute Gasteiger partial charge is 0.363 e. The molecule has 0 unspecified atom stereocenters. The average molecular weight is 744 g/mol. The summed E-state index contributed by atoms with van der Waals surface area (Å²) in [4.78, 5) is 16.9. The van der Waals surface area contributed by atoms with Crippen LogP contribution in [0.1, 0.15) is 29.2 Å². The number of nitrogens with zero attached hydrogens (tertiary/aromatic N) is 1. The Labute approximate surface area is 234 Å². The predicted molar refractivity (Wildman–Crippen MR) is 153 cm³/mol. The molecular weight excluding hydrogens is 724 g/mol. The van der Waals surface area contributed by atoms with Gasteiger partial charge < -0.3 is 14.2 Å². The molecule has 8 heteroatoms. The van der Waals surface area contributed by atoms with Gasteiger partial charge in [0.25, 0.3) is 0 Å². The van der Waals surface area contributed by atoms with Gasteiger partial charge in [-0.15, -0.1) is 0 Å². The predicted octanol–water partition coefficient (Wildman–Crippen LogP) is 7.29. The molecule has 1 aliphatic rings. The van der Waals surface area contributed by atoms with Crippen molar-refractivity contribution in [2.75, 3.05) is 6.61 Å². The molecule has 0 radical (unpaired) electrons. The van der Waals surface area contributed by atoms with Gasteiger partial charge in [-0.25, -0.2) is 9.79 Å². The van der Waals surface area contributed by atoms with E-state index in [2.05, 4.69) is 66.1 Å². The maximum Gasteiger partial charge on any atom is 0.363 e. The molecule has 0 aromatic heterocycles. The number of cyclic esters (lactones) is 1. The second kappa shape index (κ2) is 11.2. The monoisotopic (exact) mass is 743 g/mol. The van der Waals surface area contributed by atoms with Crippen LogP contribution in [-0.4, -0.2) is 18.5 Å². The molecule has 1 heterocycles. The Bertz CT molecular complexity index is 1320. The lowest BCUT2D eigenvalue weighted by atomic mass is 10.1. The molecule has 0 saturated carbocycles. The van der Waals surface area contributed by atoms with Crippen LogP contribution in [0.2, 0.25) is 0 Å². The van der Waals surface area contributed by atoms with E-state index in [1.165, 1.54) is 0 Å². The highest BCUT2D eigenvalue weighted by molar-refractivity contribution is 14.1. The minimum Gasteiger partial charge on any atom is -0.490 e. The lowest BCUT2D eigenvalue weighted by Gasteiger charge is -2.15. The number of hydrogen-bond donors (Lipinski definition) is 0. The number of carbonyl (C=O) groups excluding carboxylic acids is 1. The summed E-state index contributed by atoms with van der Waals surface area (Å²) in [6.07, 6.45) is 1.71. The molecule has 0 atom stereocenters. The van der Waals surface area contributed by atoms with E-state index in [-0.39, 0.29) is 5.70 Å². The van der Waals surface area contributed by atoms with Crippen LogP contribution in [0.4, 0.5) is 0 Å². The van der Waals surface area contributed by atoms with Gasteiger partial charge in [0.15, 0.2) is 17.2 Å². The van der Waals surface area contributed by atoms with Crippen molar-refractivity contribution in [1.29, 1.82) is 0 Å². The first-order chi connectivity index (χ1) is 16.3. The Morgan fingerprint density at radius 1 is 1.06 bits per heavy atom. The average Bonchev–Trinajstić information content (AvgIpc) is 3.15. The molecule has 0 aliphatic carbocycles. The Morgan fingerprint density at radius 3 is 2.62 bits per heavy atom. The van der Waals surface area contributed by atoms with E-state index < -0.39 is 5.97 Å². The number of halogens is 3. The standard InChI is InChI=1S/C26H20BrI2NO4/c1-3-32-23-13-17(11-21(29)24(23)33-14-16-5-4-6-19(27)10-16)12-22-26(31)34-25(30-22)18-7-8-20(28)15(2)9-18/h4-13H,3,14H2,1-2H3/b22-12-. The fourth-order valence-electron chi connectivity index (χ4n) is 3.32. The van der Waals surface area contributed by atoms with Crippen molar-refractivity contribution >= 4 is 79.1 Å². The molecular formula is C26H20BrI2NO4. The van der Waals surface area contributed by atoms with Crippen molar-refractivity contribution in [3.8, 4) is 11.5 Å². The van der Waals surface area contributed by atoms with E-state index in [0.29, 0.717) is 30.6 Å². The Hall–Kier alpha value is -1.92. The van der Waals surface area contributed by atoms with Gasteiger partial charge in [0.05, 0.1) is 10.2 Å². The number of aliphatic imine (C=N–C) groups is 1. The minimum atomic E-state index is -0.478. The number of benzene rings is 3. The molecule has 3 aromatic rings. The SMILES string of the molecule is CCOc1cc(/C=C2\N=C(c3ccc(I)c(C)c3)OC2=O)cc(I)c1OCc1cccc(Br)c1. The van der Waals surface area contributed by atoms with Gasteiger partial charge in [0.1, 0.15) is 6.61 Å². The van der Waals surface area contributed by atoms with E-state index in [4.69, 9.17) is 14.2 Å². The topological polar surface area (TPSA) is 57.1 Å². The summed E-state index contributed by atoms with van der Waals surface area (Å²) < 4.78 is 20.4. The van der Waals surface area contributed by atoms with E-state index >= 15 is 0 Å². The third kappa shape index (κ3) is 6.01. The van der Waals surface area contributed by atoms with E-state index in [9.17, 15) is 4.79 Å². The molecule has 0 amide bonds. The fraction of sp³-hybridized carbons (Fsp3) is 0.154. The molecule has 3 aromatic carbocycles. The second-order valence-corrected chi connectivity index (χ2v) is 10.7. The Morgan fingerprint density at radius 2 is 1.88 bits per heavy atom. The summed E-state index contributed by atoms with van der Waals surface area (Å²) in [5, 5.41) is 0. The third-order valence-corrected chi connectivity index (χ3v) is 7.44. The van der Waals surface area contributed by atoms with Crippen molar-refractivity contribution in [3.63, 3.8) is 0 Å². The van der Waals surface area contributed by atoms with Crippen LogP contribution in [0, 0.1) is 14.1 Å². The van der Waals surface area contributed by atoms with Crippen LogP contribution in [0.3, 0.4) is 0 Å². The highest BCUT2D eigenvalue weighted by Gasteiger charge is 2.25. The number of ether oxygens (including phenoxy) is 3. The zero-order chi connectivity index (χ0) is 24.2. The highest BCUT2D eigenvalue weighted by atomic mass is 127. The molecule has 4 rings (SSSR count). The highest BCUT2D eigenvalue weighted by Crippen LogP contribution is 2.36. The van der Waals surface area contributed by atoms with Gasteiger partial charge in [-0.2, -0.15) is 0 Å².